The van der Waals surface area contributed by atoms with Gasteiger partial charge in [0.1, 0.15) is 0 Å². The Morgan fingerprint density at radius 2 is 1.83 bits per heavy atom. The molecule has 1 amide bonds. The maximum Gasteiger partial charge on any atom is 0.416 e. The Balaban J connectivity index is 1.56. The minimum atomic E-state index is -4.58. The average molecular weight is 487 g/mol. The summed E-state index contributed by atoms with van der Waals surface area (Å²) in [5.41, 5.74) is 0.986. The van der Waals surface area contributed by atoms with Crippen molar-refractivity contribution in [1.29, 1.82) is 0 Å². The van der Waals surface area contributed by atoms with Gasteiger partial charge in [0.2, 0.25) is 0 Å². The zero-order chi connectivity index (χ0) is 25.2. The van der Waals surface area contributed by atoms with Gasteiger partial charge in [-0.15, -0.1) is 0 Å². The van der Waals surface area contributed by atoms with Gasteiger partial charge in [0.15, 0.2) is 6.10 Å². The van der Waals surface area contributed by atoms with Crippen LogP contribution in [-0.2, 0) is 20.4 Å². The Kier molecular flexibility index (Phi) is 6.93. The highest BCUT2D eigenvalue weighted by Crippen LogP contribution is 2.36. The fraction of sp³-hybridized carbons (Fsp3) is 0.320. The maximum absolute atomic E-state index is 13.3. The molecule has 1 unspecified atom stereocenters. The molecule has 2 aromatic carbocycles. The van der Waals surface area contributed by atoms with Crippen molar-refractivity contribution in [3.05, 3.63) is 65.4 Å². The Bertz CT molecular complexity index is 1260. The number of para-hydroxylation sites is 1. The van der Waals surface area contributed by atoms with E-state index in [-0.39, 0.29) is 11.3 Å². The van der Waals surface area contributed by atoms with Crippen LogP contribution in [0.15, 0.2) is 48.5 Å². The van der Waals surface area contributed by atoms with Crippen LogP contribution in [0.5, 0.6) is 0 Å². The zero-order valence-corrected chi connectivity index (χ0v) is 19.2. The number of aryl methyl sites for hydroxylation is 1. The van der Waals surface area contributed by atoms with Gasteiger partial charge in [-0.3, -0.25) is 9.78 Å². The lowest BCUT2D eigenvalue weighted by Crippen LogP contribution is -2.37. The number of rotatable bonds is 5. The molecule has 1 aliphatic heterocycles. The summed E-state index contributed by atoms with van der Waals surface area (Å²) in [5, 5.41) is 3.09. The van der Waals surface area contributed by atoms with Crippen LogP contribution in [0.3, 0.4) is 0 Å². The van der Waals surface area contributed by atoms with Gasteiger partial charge >= 0.3 is 12.1 Å². The second kappa shape index (κ2) is 9.91. The summed E-state index contributed by atoms with van der Waals surface area (Å²) in [5.74, 6) is -1.48. The first-order chi connectivity index (χ1) is 16.6. The molecule has 184 valence electrons. The number of carbonyl (C=O) groups is 2. The van der Waals surface area contributed by atoms with Crippen molar-refractivity contribution in [1.82, 2.24) is 4.98 Å². The number of nitrogens with one attached hydrogen (secondary N) is 1. The van der Waals surface area contributed by atoms with E-state index in [2.05, 4.69) is 10.3 Å². The lowest BCUT2D eigenvalue weighted by atomic mass is 10.1. The van der Waals surface area contributed by atoms with Crippen molar-refractivity contribution >= 4 is 34.2 Å². The third-order valence-electron chi connectivity index (χ3n) is 5.65. The fourth-order valence-electron chi connectivity index (χ4n) is 3.88. The van der Waals surface area contributed by atoms with Crippen LogP contribution in [0.2, 0.25) is 0 Å². The number of nitrogens with zero attached hydrogens (tertiary/aromatic N) is 2. The summed E-state index contributed by atoms with van der Waals surface area (Å²) in [7, 11) is 0. The number of aromatic nitrogens is 1. The minimum Gasteiger partial charge on any atom is -0.449 e. The maximum atomic E-state index is 13.3. The highest BCUT2D eigenvalue weighted by molar-refractivity contribution is 6.05. The molecule has 10 heteroatoms. The highest BCUT2D eigenvalue weighted by Gasteiger charge is 2.32. The summed E-state index contributed by atoms with van der Waals surface area (Å²) in [6.45, 7) is 4.87. The molecule has 0 radical (unpaired) electrons. The van der Waals surface area contributed by atoms with Crippen LogP contribution in [-0.4, -0.2) is 49.3 Å². The fourth-order valence-corrected chi connectivity index (χ4v) is 3.88. The number of hydrogen-bond donors (Lipinski definition) is 1. The predicted molar refractivity (Wildman–Crippen MR) is 124 cm³/mol. The van der Waals surface area contributed by atoms with E-state index < -0.39 is 29.7 Å². The molecule has 7 nitrogen and oxygen atoms in total. The lowest BCUT2D eigenvalue weighted by molar-refractivity contribution is -0.137. The lowest BCUT2D eigenvalue weighted by Gasteiger charge is -2.31. The minimum absolute atomic E-state index is 0.0140. The molecule has 0 aliphatic carbocycles. The SMILES string of the molecule is Cc1cc(C(=O)OC(C)C(=O)Nc2cc(C(F)(F)F)ccc2N2CCOCC2)c2ccccc2n1. The van der Waals surface area contributed by atoms with E-state index in [1.807, 2.05) is 4.90 Å². The quantitative estimate of drug-likeness (QED) is 0.531. The number of ether oxygens (including phenoxy) is 2. The molecule has 0 spiro atoms. The molecular weight excluding hydrogens is 463 g/mol. The van der Waals surface area contributed by atoms with E-state index in [9.17, 15) is 22.8 Å². The number of benzene rings is 2. The number of alkyl halides is 3. The first-order valence-electron chi connectivity index (χ1n) is 11.1. The number of amides is 1. The third kappa shape index (κ3) is 5.54. The van der Waals surface area contributed by atoms with Gasteiger partial charge in [-0.25, -0.2) is 4.79 Å². The summed E-state index contributed by atoms with van der Waals surface area (Å²) in [4.78, 5) is 32.0. The summed E-state index contributed by atoms with van der Waals surface area (Å²) in [6, 6.07) is 11.8. The van der Waals surface area contributed by atoms with E-state index in [0.717, 1.165) is 12.1 Å². The van der Waals surface area contributed by atoms with Gasteiger partial charge in [0.05, 0.1) is 41.2 Å². The van der Waals surface area contributed by atoms with Crippen LogP contribution >= 0.6 is 0 Å². The van der Waals surface area contributed by atoms with Crippen molar-refractivity contribution in [2.75, 3.05) is 36.5 Å². The smallest absolute Gasteiger partial charge is 0.416 e. The largest absolute Gasteiger partial charge is 0.449 e. The van der Waals surface area contributed by atoms with Gasteiger partial charge in [0, 0.05) is 24.2 Å². The van der Waals surface area contributed by atoms with Crippen molar-refractivity contribution in [3.8, 4) is 0 Å². The van der Waals surface area contributed by atoms with Crippen LogP contribution in [0.1, 0.15) is 28.5 Å². The second-order valence-electron chi connectivity index (χ2n) is 8.19. The molecule has 1 aromatic heterocycles. The topological polar surface area (TPSA) is 80.8 Å². The number of pyridine rings is 1. The van der Waals surface area contributed by atoms with Crippen molar-refractivity contribution < 1.29 is 32.2 Å². The average Bonchev–Trinajstić information content (AvgIpc) is 2.83. The summed E-state index contributed by atoms with van der Waals surface area (Å²) in [6.07, 6.45) is -5.84. The Morgan fingerprint density at radius 1 is 1.11 bits per heavy atom. The van der Waals surface area contributed by atoms with Crippen molar-refractivity contribution in [2.45, 2.75) is 26.1 Å². The standard InChI is InChI=1S/C25H24F3N3O4/c1-15-13-19(18-5-3-4-6-20(18)29-15)24(33)35-16(2)23(32)30-21-14-17(25(26,27)28)7-8-22(21)31-9-11-34-12-10-31/h3-8,13-14,16H,9-12H2,1-2H3,(H,30,32). The summed E-state index contributed by atoms with van der Waals surface area (Å²) >= 11 is 0. The molecule has 1 fully saturated rings. The number of esters is 1. The Hall–Kier alpha value is -3.66. The van der Waals surface area contributed by atoms with E-state index >= 15 is 0 Å². The molecule has 35 heavy (non-hydrogen) atoms. The van der Waals surface area contributed by atoms with Crippen molar-refractivity contribution in [3.63, 3.8) is 0 Å². The molecule has 0 saturated carbocycles. The normalized spacial score (nSPS) is 15.1. The van der Waals surface area contributed by atoms with Gasteiger partial charge in [-0.1, -0.05) is 18.2 Å². The molecule has 2 heterocycles. The molecule has 1 aliphatic rings. The van der Waals surface area contributed by atoms with Crippen LogP contribution in [0, 0.1) is 6.92 Å². The monoisotopic (exact) mass is 487 g/mol. The van der Waals surface area contributed by atoms with E-state index in [0.29, 0.717) is 48.6 Å². The van der Waals surface area contributed by atoms with Gasteiger partial charge in [-0.2, -0.15) is 13.2 Å². The number of fused-ring (bicyclic) bond motifs is 1. The number of halogens is 3. The predicted octanol–water partition coefficient (Wildman–Crippen LogP) is 4.58. The Morgan fingerprint density at radius 3 is 2.54 bits per heavy atom. The highest BCUT2D eigenvalue weighted by atomic mass is 19.4. The first kappa shape index (κ1) is 24.5. The Labute approximate surface area is 199 Å². The number of morpholine rings is 1. The van der Waals surface area contributed by atoms with Gasteiger partial charge in [-0.05, 0) is 44.2 Å². The number of hydrogen-bond acceptors (Lipinski definition) is 6. The molecule has 1 saturated heterocycles. The van der Waals surface area contributed by atoms with Crippen LogP contribution in [0.25, 0.3) is 10.9 Å². The van der Waals surface area contributed by atoms with Gasteiger partial charge < -0.3 is 19.7 Å². The molecule has 1 N–H and O–H groups in total. The molecule has 3 aromatic rings. The molecule has 4 rings (SSSR count). The number of carbonyl (C=O) groups excluding carboxylic acids is 2. The van der Waals surface area contributed by atoms with Gasteiger partial charge in [0.25, 0.3) is 5.91 Å². The third-order valence-corrected chi connectivity index (χ3v) is 5.65. The van der Waals surface area contributed by atoms with Crippen molar-refractivity contribution in [2.24, 2.45) is 0 Å². The first-order valence-corrected chi connectivity index (χ1v) is 11.1. The zero-order valence-electron chi connectivity index (χ0n) is 19.2. The van der Waals surface area contributed by atoms with E-state index in [4.69, 9.17) is 9.47 Å². The molecule has 1 atom stereocenters. The van der Waals surface area contributed by atoms with E-state index in [1.165, 1.54) is 13.0 Å². The van der Waals surface area contributed by atoms with E-state index in [1.54, 1.807) is 37.3 Å². The van der Waals surface area contributed by atoms with Crippen LogP contribution < -0.4 is 10.2 Å². The molecular formula is C25H24F3N3O4. The number of anilines is 2. The summed E-state index contributed by atoms with van der Waals surface area (Å²) < 4.78 is 50.7. The molecule has 0 bridgehead atoms. The van der Waals surface area contributed by atoms with Crippen LogP contribution in [0.4, 0.5) is 24.5 Å². The second-order valence-corrected chi connectivity index (χ2v) is 8.19.